The van der Waals surface area contributed by atoms with Gasteiger partial charge >= 0.3 is 0 Å². The Balaban J connectivity index is 1.64. The van der Waals surface area contributed by atoms with Crippen LogP contribution in [-0.4, -0.2) is 38.2 Å². The molecule has 1 amide bonds. The maximum Gasteiger partial charge on any atom is 0.242 e. The number of carbonyl (C=O) groups excluding carboxylic acids is 1. The molecule has 1 fully saturated rings. The van der Waals surface area contributed by atoms with Crippen LogP contribution in [0.3, 0.4) is 0 Å². The number of aliphatic hydroxyl groups is 1. The van der Waals surface area contributed by atoms with Crippen molar-refractivity contribution in [3.05, 3.63) is 36.5 Å². The van der Waals surface area contributed by atoms with Crippen molar-refractivity contribution >= 4 is 5.91 Å². The predicted molar refractivity (Wildman–Crippen MR) is 81.8 cm³/mol. The van der Waals surface area contributed by atoms with Gasteiger partial charge in [-0.3, -0.25) is 4.79 Å². The third-order valence-electron chi connectivity index (χ3n) is 4.15. The minimum Gasteiger partial charge on any atom is -0.394 e. The Morgan fingerprint density at radius 3 is 2.77 bits per heavy atom. The molecular weight excluding hydrogens is 280 g/mol. The van der Waals surface area contributed by atoms with Crippen molar-refractivity contribution in [2.24, 2.45) is 5.92 Å². The molecule has 1 unspecified atom stereocenters. The van der Waals surface area contributed by atoms with Crippen molar-refractivity contribution < 1.29 is 9.90 Å². The Labute approximate surface area is 129 Å². The largest absolute Gasteiger partial charge is 0.394 e. The van der Waals surface area contributed by atoms with E-state index >= 15 is 0 Å². The molecule has 1 aromatic heterocycles. The molecule has 6 nitrogen and oxygen atoms in total. The van der Waals surface area contributed by atoms with Crippen molar-refractivity contribution in [3.8, 4) is 11.3 Å². The Kier molecular flexibility index (Phi) is 3.94. The molecular formula is C16H20N4O2. The quantitative estimate of drug-likeness (QED) is 0.840. The number of nitrogens with one attached hydrogen (secondary N) is 1. The topological polar surface area (TPSA) is 80.0 Å². The first-order chi connectivity index (χ1) is 10.6. The van der Waals surface area contributed by atoms with Crippen LogP contribution in [0.15, 0.2) is 36.5 Å². The van der Waals surface area contributed by atoms with E-state index in [9.17, 15) is 9.90 Å². The van der Waals surface area contributed by atoms with Gasteiger partial charge in [-0.05, 0) is 25.7 Å². The van der Waals surface area contributed by atoms with E-state index in [4.69, 9.17) is 0 Å². The molecule has 3 rings (SSSR count). The normalized spacial score (nSPS) is 17.0. The summed E-state index contributed by atoms with van der Waals surface area (Å²) in [6, 6.07) is 9.70. The number of hydrogen-bond donors (Lipinski definition) is 2. The number of carbonyl (C=O) groups is 1. The zero-order valence-electron chi connectivity index (χ0n) is 12.6. The van der Waals surface area contributed by atoms with Crippen LogP contribution in [0.1, 0.15) is 19.8 Å². The predicted octanol–water partition coefficient (Wildman–Crippen LogP) is 1.22. The van der Waals surface area contributed by atoms with Gasteiger partial charge in [0.2, 0.25) is 5.91 Å². The number of benzene rings is 1. The monoisotopic (exact) mass is 300 g/mol. The number of amides is 1. The number of aliphatic hydroxyl groups excluding tert-OH is 1. The summed E-state index contributed by atoms with van der Waals surface area (Å²) in [4.78, 5) is 12.2. The van der Waals surface area contributed by atoms with Crippen molar-refractivity contribution in [1.82, 2.24) is 20.3 Å². The lowest BCUT2D eigenvalue weighted by atomic mass is 9.97. The van der Waals surface area contributed by atoms with Crippen LogP contribution in [0.5, 0.6) is 0 Å². The fraction of sp³-hybridized carbons (Fsp3) is 0.438. The minimum absolute atomic E-state index is 0.0456. The van der Waals surface area contributed by atoms with Gasteiger partial charge in [0.25, 0.3) is 0 Å². The van der Waals surface area contributed by atoms with Gasteiger partial charge in [0.1, 0.15) is 12.2 Å². The van der Waals surface area contributed by atoms with Crippen LogP contribution in [0.2, 0.25) is 0 Å². The molecule has 1 atom stereocenters. The van der Waals surface area contributed by atoms with E-state index in [-0.39, 0.29) is 19.1 Å². The lowest BCUT2D eigenvalue weighted by molar-refractivity contribution is -0.124. The van der Waals surface area contributed by atoms with Crippen molar-refractivity contribution in [2.45, 2.75) is 31.8 Å². The molecule has 22 heavy (non-hydrogen) atoms. The van der Waals surface area contributed by atoms with Crippen molar-refractivity contribution in [1.29, 1.82) is 0 Å². The number of aromatic nitrogens is 3. The number of rotatable bonds is 6. The van der Waals surface area contributed by atoms with E-state index in [2.05, 4.69) is 15.6 Å². The second kappa shape index (κ2) is 5.88. The summed E-state index contributed by atoms with van der Waals surface area (Å²) in [7, 11) is 0. The second-order valence-corrected chi connectivity index (χ2v) is 6.07. The minimum atomic E-state index is -0.528. The van der Waals surface area contributed by atoms with Gasteiger partial charge in [0, 0.05) is 5.56 Å². The third-order valence-corrected chi connectivity index (χ3v) is 4.15. The first kappa shape index (κ1) is 14.7. The smallest absolute Gasteiger partial charge is 0.242 e. The molecule has 1 aromatic carbocycles. The first-order valence-electron chi connectivity index (χ1n) is 7.48. The lowest BCUT2D eigenvalue weighted by Gasteiger charge is -2.28. The molecule has 0 aliphatic heterocycles. The van der Waals surface area contributed by atoms with Gasteiger partial charge in [-0.15, -0.1) is 5.10 Å². The molecule has 116 valence electrons. The van der Waals surface area contributed by atoms with Crippen LogP contribution >= 0.6 is 0 Å². The molecule has 0 spiro atoms. The average Bonchev–Trinajstić information content (AvgIpc) is 3.29. The van der Waals surface area contributed by atoms with Crippen LogP contribution in [0.4, 0.5) is 0 Å². The summed E-state index contributed by atoms with van der Waals surface area (Å²) < 4.78 is 1.52. The highest BCUT2D eigenvalue weighted by molar-refractivity contribution is 5.76. The van der Waals surface area contributed by atoms with E-state index in [1.54, 1.807) is 6.20 Å². The van der Waals surface area contributed by atoms with Gasteiger partial charge in [0.15, 0.2) is 0 Å². The summed E-state index contributed by atoms with van der Waals surface area (Å²) in [5.74, 6) is 0.213. The lowest BCUT2D eigenvalue weighted by Crippen LogP contribution is -2.51. The highest BCUT2D eigenvalue weighted by Crippen LogP contribution is 2.39. The second-order valence-electron chi connectivity index (χ2n) is 6.07. The molecule has 1 heterocycles. The molecule has 1 aliphatic carbocycles. The zero-order chi connectivity index (χ0) is 15.6. The summed E-state index contributed by atoms with van der Waals surface area (Å²) in [6.07, 6.45) is 3.86. The fourth-order valence-corrected chi connectivity index (χ4v) is 2.61. The van der Waals surface area contributed by atoms with Crippen LogP contribution in [0.25, 0.3) is 11.3 Å². The Morgan fingerprint density at radius 2 is 2.14 bits per heavy atom. The SMILES string of the molecule is CC(CO)(NC(=O)Cn1cc(-c2ccccc2)nn1)C1CC1. The zero-order valence-corrected chi connectivity index (χ0v) is 12.6. The summed E-state index contributed by atoms with van der Waals surface area (Å²) >= 11 is 0. The van der Waals surface area contributed by atoms with Gasteiger partial charge < -0.3 is 10.4 Å². The van der Waals surface area contributed by atoms with E-state index in [1.165, 1.54) is 4.68 Å². The molecule has 0 radical (unpaired) electrons. The molecule has 1 saturated carbocycles. The van der Waals surface area contributed by atoms with Crippen molar-refractivity contribution in [3.63, 3.8) is 0 Å². The van der Waals surface area contributed by atoms with Gasteiger partial charge in [-0.25, -0.2) is 4.68 Å². The number of hydrogen-bond acceptors (Lipinski definition) is 4. The van der Waals surface area contributed by atoms with Gasteiger partial charge in [-0.1, -0.05) is 35.5 Å². The Hall–Kier alpha value is -2.21. The van der Waals surface area contributed by atoms with Crippen LogP contribution in [-0.2, 0) is 11.3 Å². The first-order valence-corrected chi connectivity index (χ1v) is 7.48. The molecule has 0 bridgehead atoms. The standard InChI is InChI=1S/C16H20N4O2/c1-16(11-21,13-7-8-13)17-15(22)10-20-9-14(18-19-20)12-5-3-2-4-6-12/h2-6,9,13,21H,7-8,10-11H2,1H3,(H,17,22). The molecule has 2 N–H and O–H groups in total. The number of nitrogens with zero attached hydrogens (tertiary/aromatic N) is 3. The van der Waals surface area contributed by atoms with Crippen molar-refractivity contribution in [2.75, 3.05) is 6.61 Å². The molecule has 1 aliphatic rings. The maximum atomic E-state index is 12.2. The van der Waals surface area contributed by atoms with Gasteiger partial charge in [-0.2, -0.15) is 0 Å². The molecule has 6 heteroatoms. The summed E-state index contributed by atoms with van der Waals surface area (Å²) in [5.41, 5.74) is 1.17. The van der Waals surface area contributed by atoms with E-state index in [0.29, 0.717) is 5.92 Å². The third kappa shape index (κ3) is 3.17. The average molecular weight is 300 g/mol. The van der Waals surface area contributed by atoms with Crippen LogP contribution in [0, 0.1) is 5.92 Å². The summed E-state index contributed by atoms with van der Waals surface area (Å²) in [5, 5.41) is 20.5. The van der Waals surface area contributed by atoms with E-state index < -0.39 is 5.54 Å². The Morgan fingerprint density at radius 1 is 1.41 bits per heavy atom. The van der Waals surface area contributed by atoms with Gasteiger partial charge in [0.05, 0.1) is 18.3 Å². The fourth-order valence-electron chi connectivity index (χ4n) is 2.61. The van der Waals surface area contributed by atoms with Crippen LogP contribution < -0.4 is 5.32 Å². The highest BCUT2D eigenvalue weighted by Gasteiger charge is 2.42. The van der Waals surface area contributed by atoms with E-state index in [1.807, 2.05) is 37.3 Å². The Bertz CT molecular complexity index is 651. The summed E-state index contributed by atoms with van der Waals surface area (Å²) in [6.45, 7) is 1.94. The van der Waals surface area contributed by atoms with E-state index in [0.717, 1.165) is 24.1 Å². The highest BCUT2D eigenvalue weighted by atomic mass is 16.3. The molecule has 2 aromatic rings. The molecule has 0 saturated heterocycles. The maximum absolute atomic E-state index is 12.2.